The van der Waals surface area contributed by atoms with E-state index < -0.39 is 0 Å². The normalized spacial score (nSPS) is 19.8. The number of aromatic nitrogens is 3. The van der Waals surface area contributed by atoms with Crippen molar-refractivity contribution in [3.63, 3.8) is 0 Å². The number of nitrogens with one attached hydrogen (secondary N) is 1. The minimum atomic E-state index is 0.0341. The van der Waals surface area contributed by atoms with Gasteiger partial charge in [-0.1, -0.05) is 0 Å². The molecule has 1 aliphatic heterocycles. The molecule has 1 saturated carbocycles. The van der Waals surface area contributed by atoms with Gasteiger partial charge in [0.2, 0.25) is 0 Å². The fraction of sp³-hybridized carbons (Fsp3) is 0.611. The second-order valence-electron chi connectivity index (χ2n) is 7.23. The molecule has 1 saturated heterocycles. The van der Waals surface area contributed by atoms with Crippen LogP contribution in [0.15, 0.2) is 18.6 Å². The van der Waals surface area contributed by atoms with Gasteiger partial charge in [0.1, 0.15) is 5.82 Å². The van der Waals surface area contributed by atoms with Crippen molar-refractivity contribution in [2.75, 3.05) is 13.1 Å². The van der Waals surface area contributed by atoms with Crippen LogP contribution in [0, 0.1) is 12.8 Å². The zero-order valence-electron chi connectivity index (χ0n) is 14.8. The highest BCUT2D eigenvalue weighted by molar-refractivity contribution is 7.11. The maximum absolute atomic E-state index is 12.8. The summed E-state index contributed by atoms with van der Waals surface area (Å²) in [5.41, 5.74) is 0. The molecule has 1 aliphatic carbocycles. The van der Waals surface area contributed by atoms with Gasteiger partial charge in [-0.3, -0.25) is 0 Å². The van der Waals surface area contributed by atoms with Gasteiger partial charge in [0, 0.05) is 49.5 Å². The molecule has 0 spiro atoms. The quantitative estimate of drug-likeness (QED) is 0.912. The molecule has 2 fully saturated rings. The van der Waals surface area contributed by atoms with Crippen LogP contribution in [-0.2, 0) is 7.05 Å². The topological polar surface area (TPSA) is 63.1 Å². The van der Waals surface area contributed by atoms with Crippen LogP contribution < -0.4 is 5.32 Å². The van der Waals surface area contributed by atoms with E-state index in [1.54, 1.807) is 17.5 Å². The maximum Gasteiger partial charge on any atom is 0.317 e. The van der Waals surface area contributed by atoms with E-state index in [0.29, 0.717) is 11.8 Å². The summed E-state index contributed by atoms with van der Waals surface area (Å²) in [5.74, 6) is 1.99. The van der Waals surface area contributed by atoms with Crippen LogP contribution in [0.3, 0.4) is 0 Å². The van der Waals surface area contributed by atoms with Gasteiger partial charge in [0.15, 0.2) is 0 Å². The summed E-state index contributed by atoms with van der Waals surface area (Å²) < 4.78 is 2.01. The second-order valence-corrected chi connectivity index (χ2v) is 8.50. The van der Waals surface area contributed by atoms with Gasteiger partial charge in [-0.05, 0) is 38.5 Å². The second kappa shape index (κ2) is 6.78. The van der Waals surface area contributed by atoms with E-state index in [4.69, 9.17) is 0 Å². The average molecular weight is 359 g/mol. The predicted octanol–water partition coefficient (Wildman–Crippen LogP) is 3.23. The van der Waals surface area contributed by atoms with Gasteiger partial charge in [0.05, 0.1) is 11.0 Å². The molecule has 1 unspecified atom stereocenters. The Labute approximate surface area is 152 Å². The number of amides is 2. The first-order valence-corrected chi connectivity index (χ1v) is 9.88. The molecule has 6 nitrogen and oxygen atoms in total. The van der Waals surface area contributed by atoms with Gasteiger partial charge in [0.25, 0.3) is 0 Å². The Morgan fingerprint density at radius 1 is 1.28 bits per heavy atom. The Kier molecular flexibility index (Phi) is 4.50. The first-order valence-electron chi connectivity index (χ1n) is 9.07. The number of carbonyl (C=O) groups excluding carboxylic acids is 1. The molecule has 1 atom stereocenters. The Morgan fingerprint density at radius 3 is 2.60 bits per heavy atom. The van der Waals surface area contributed by atoms with Crippen LogP contribution in [0.1, 0.15) is 53.4 Å². The number of nitrogens with zero attached hydrogens (tertiary/aromatic N) is 4. The van der Waals surface area contributed by atoms with Crippen molar-refractivity contribution in [1.29, 1.82) is 0 Å². The number of piperidine rings is 1. The molecule has 2 aromatic rings. The summed E-state index contributed by atoms with van der Waals surface area (Å²) in [4.78, 5) is 24.9. The number of hydrogen-bond donors (Lipinski definition) is 1. The number of urea groups is 1. The van der Waals surface area contributed by atoms with E-state index in [9.17, 15) is 4.79 Å². The number of rotatable bonds is 4. The van der Waals surface area contributed by atoms with E-state index in [1.165, 1.54) is 22.7 Å². The van der Waals surface area contributed by atoms with Crippen LogP contribution in [0.25, 0.3) is 0 Å². The average Bonchev–Trinajstić information content (AvgIpc) is 3.23. The minimum Gasteiger partial charge on any atom is -0.336 e. The van der Waals surface area contributed by atoms with Gasteiger partial charge in [-0.15, -0.1) is 11.3 Å². The van der Waals surface area contributed by atoms with E-state index in [1.807, 2.05) is 28.9 Å². The van der Waals surface area contributed by atoms with E-state index in [0.717, 1.165) is 31.8 Å². The van der Waals surface area contributed by atoms with Crippen molar-refractivity contribution in [3.8, 4) is 0 Å². The lowest BCUT2D eigenvalue weighted by molar-refractivity contribution is 0.175. The van der Waals surface area contributed by atoms with Crippen molar-refractivity contribution in [3.05, 3.63) is 34.3 Å². The van der Waals surface area contributed by atoms with Crippen molar-refractivity contribution >= 4 is 17.4 Å². The third-order valence-corrected chi connectivity index (χ3v) is 6.35. The molecule has 3 heterocycles. The first kappa shape index (κ1) is 16.6. The Balaban J connectivity index is 1.36. The summed E-state index contributed by atoms with van der Waals surface area (Å²) in [5, 5.41) is 4.46. The standard InChI is InChI=1S/C18H25N5OS/c1-12-11-20-17(25-12)14-5-8-23(9-6-14)18(24)21-15(13-3-4-13)16-19-7-10-22(16)2/h7,10-11,13-15H,3-6,8-9H2,1-2H3,(H,21,24). The largest absolute Gasteiger partial charge is 0.336 e. The Hall–Kier alpha value is -1.89. The molecule has 25 heavy (non-hydrogen) atoms. The van der Waals surface area contributed by atoms with Crippen LogP contribution in [0.4, 0.5) is 4.79 Å². The molecule has 7 heteroatoms. The number of imidazole rings is 1. The van der Waals surface area contributed by atoms with Crippen LogP contribution in [0.2, 0.25) is 0 Å². The van der Waals surface area contributed by atoms with Crippen molar-refractivity contribution < 1.29 is 4.79 Å². The fourth-order valence-electron chi connectivity index (χ4n) is 3.61. The summed E-state index contributed by atoms with van der Waals surface area (Å²) in [6.07, 6.45) is 10.0. The molecular weight excluding hydrogens is 334 g/mol. The van der Waals surface area contributed by atoms with Gasteiger partial charge >= 0.3 is 6.03 Å². The van der Waals surface area contributed by atoms with Crippen molar-refractivity contribution in [1.82, 2.24) is 24.8 Å². The Morgan fingerprint density at radius 2 is 2.04 bits per heavy atom. The third-order valence-electron chi connectivity index (χ3n) is 5.28. The van der Waals surface area contributed by atoms with Crippen LogP contribution in [0.5, 0.6) is 0 Å². The van der Waals surface area contributed by atoms with E-state index in [-0.39, 0.29) is 12.1 Å². The number of hydrogen-bond acceptors (Lipinski definition) is 4. The molecule has 2 aromatic heterocycles. The molecule has 134 valence electrons. The van der Waals surface area contributed by atoms with E-state index in [2.05, 4.69) is 22.2 Å². The van der Waals surface area contributed by atoms with E-state index >= 15 is 0 Å². The number of aryl methyl sites for hydroxylation is 2. The highest BCUT2D eigenvalue weighted by Gasteiger charge is 2.37. The van der Waals surface area contributed by atoms with Gasteiger partial charge < -0.3 is 14.8 Å². The molecule has 1 N–H and O–H groups in total. The SMILES string of the molecule is Cc1cnc(C2CCN(C(=O)NC(c3nccn3C)C3CC3)CC2)s1. The third kappa shape index (κ3) is 3.56. The summed E-state index contributed by atoms with van der Waals surface area (Å²) >= 11 is 1.79. The first-order chi connectivity index (χ1) is 12.1. The lowest BCUT2D eigenvalue weighted by Crippen LogP contribution is -2.46. The molecule has 0 aromatic carbocycles. The molecule has 2 aliphatic rings. The van der Waals surface area contributed by atoms with Crippen molar-refractivity contribution in [2.24, 2.45) is 13.0 Å². The predicted molar refractivity (Wildman–Crippen MR) is 97.6 cm³/mol. The lowest BCUT2D eigenvalue weighted by atomic mass is 9.98. The summed E-state index contributed by atoms with van der Waals surface area (Å²) in [7, 11) is 1.99. The fourth-order valence-corrected chi connectivity index (χ4v) is 4.56. The molecule has 0 radical (unpaired) electrons. The summed E-state index contributed by atoms with van der Waals surface area (Å²) in [6.45, 7) is 3.69. The highest BCUT2D eigenvalue weighted by Crippen LogP contribution is 2.40. The number of likely N-dealkylation sites (tertiary alicyclic amines) is 1. The van der Waals surface area contributed by atoms with Gasteiger partial charge in [-0.25, -0.2) is 14.8 Å². The zero-order valence-corrected chi connectivity index (χ0v) is 15.6. The smallest absolute Gasteiger partial charge is 0.317 e. The van der Waals surface area contributed by atoms with Crippen molar-refractivity contribution in [2.45, 2.75) is 44.6 Å². The molecule has 0 bridgehead atoms. The maximum atomic E-state index is 12.8. The zero-order chi connectivity index (χ0) is 17.4. The lowest BCUT2D eigenvalue weighted by Gasteiger charge is -2.32. The highest BCUT2D eigenvalue weighted by atomic mass is 32.1. The van der Waals surface area contributed by atoms with Crippen LogP contribution >= 0.6 is 11.3 Å². The molecule has 4 rings (SSSR count). The molecule has 2 amide bonds. The summed E-state index contributed by atoms with van der Waals surface area (Å²) in [6, 6.07) is 0.0838. The monoisotopic (exact) mass is 359 g/mol. The van der Waals surface area contributed by atoms with Crippen LogP contribution in [-0.4, -0.2) is 38.6 Å². The minimum absolute atomic E-state index is 0.0341. The number of carbonyl (C=O) groups is 1. The number of thiazole rings is 1. The Bertz CT molecular complexity index is 742. The molecular formula is C18H25N5OS. The van der Waals surface area contributed by atoms with Gasteiger partial charge in [-0.2, -0.15) is 0 Å².